The molecule has 1 rings (SSSR count). The van der Waals surface area contributed by atoms with Gasteiger partial charge in [0.2, 0.25) is 0 Å². The predicted molar refractivity (Wildman–Crippen MR) is 78.0 cm³/mol. The molecule has 5 nitrogen and oxygen atoms in total. The summed E-state index contributed by atoms with van der Waals surface area (Å²) in [5.74, 6) is 6.07. The van der Waals surface area contributed by atoms with E-state index in [0.29, 0.717) is 11.4 Å². The number of nitrogens with two attached hydrogens (primary N) is 1. The monoisotopic (exact) mass is 264 g/mol. The third kappa shape index (κ3) is 4.52. The normalized spacial score (nSPS) is 12.3. The number of hydrazine groups is 1. The van der Waals surface area contributed by atoms with E-state index in [9.17, 15) is 4.79 Å². The lowest BCUT2D eigenvalue weighted by molar-refractivity contribution is 0.0938. The van der Waals surface area contributed by atoms with Crippen LogP contribution in [-0.4, -0.2) is 16.9 Å². The van der Waals surface area contributed by atoms with E-state index in [1.807, 2.05) is 26.8 Å². The predicted octanol–water partition coefficient (Wildman–Crippen LogP) is 2.41. The van der Waals surface area contributed by atoms with Gasteiger partial charge in [0, 0.05) is 17.3 Å². The zero-order valence-corrected chi connectivity index (χ0v) is 12.2. The van der Waals surface area contributed by atoms with Crippen molar-refractivity contribution in [2.75, 3.05) is 5.43 Å². The summed E-state index contributed by atoms with van der Waals surface area (Å²) in [6.45, 7) is 8.17. The number of hydrogen-bond acceptors (Lipinski definition) is 4. The van der Waals surface area contributed by atoms with Gasteiger partial charge in [0.1, 0.15) is 5.82 Å². The van der Waals surface area contributed by atoms with Crippen molar-refractivity contribution < 1.29 is 4.79 Å². The smallest absolute Gasteiger partial charge is 0.251 e. The topological polar surface area (TPSA) is 80.0 Å². The largest absolute Gasteiger partial charge is 0.350 e. The Bertz CT molecular complexity index is 431. The number of nitrogens with one attached hydrogen (secondary N) is 2. The Hall–Kier alpha value is -1.62. The minimum Gasteiger partial charge on any atom is -0.350 e. The molecule has 0 saturated heterocycles. The molecule has 0 saturated carbocycles. The molecule has 0 aliphatic rings. The first-order valence-electron chi connectivity index (χ1n) is 6.77. The molecular formula is C14H24N4O. The van der Waals surface area contributed by atoms with Crippen LogP contribution in [0.15, 0.2) is 12.1 Å². The fourth-order valence-corrected chi connectivity index (χ4v) is 1.87. The van der Waals surface area contributed by atoms with E-state index in [1.54, 1.807) is 6.07 Å². The van der Waals surface area contributed by atoms with Crippen LogP contribution in [0.25, 0.3) is 0 Å². The number of carbonyl (C=O) groups excluding carboxylic acids is 1. The van der Waals surface area contributed by atoms with Crippen molar-refractivity contribution in [2.24, 2.45) is 5.84 Å². The molecule has 0 aliphatic heterocycles. The average Bonchev–Trinajstić information content (AvgIpc) is 2.38. The Morgan fingerprint density at radius 3 is 2.58 bits per heavy atom. The van der Waals surface area contributed by atoms with E-state index < -0.39 is 0 Å². The van der Waals surface area contributed by atoms with Crippen LogP contribution in [0.4, 0.5) is 5.82 Å². The lowest BCUT2D eigenvalue weighted by Crippen LogP contribution is -2.32. The second-order valence-corrected chi connectivity index (χ2v) is 5.13. The Balaban J connectivity index is 2.92. The number of rotatable bonds is 6. The Kier molecular flexibility index (Phi) is 5.76. The van der Waals surface area contributed by atoms with Crippen LogP contribution in [0.5, 0.6) is 0 Å². The highest BCUT2D eigenvalue weighted by Crippen LogP contribution is 2.17. The summed E-state index contributed by atoms with van der Waals surface area (Å²) in [4.78, 5) is 16.5. The third-order valence-electron chi connectivity index (χ3n) is 2.95. The third-order valence-corrected chi connectivity index (χ3v) is 2.95. The number of pyridine rings is 1. The van der Waals surface area contributed by atoms with E-state index in [-0.39, 0.29) is 17.9 Å². The number of hydrogen-bond donors (Lipinski definition) is 3. The van der Waals surface area contributed by atoms with E-state index in [4.69, 9.17) is 5.84 Å². The second-order valence-electron chi connectivity index (χ2n) is 5.13. The highest BCUT2D eigenvalue weighted by atomic mass is 16.1. The van der Waals surface area contributed by atoms with Crippen molar-refractivity contribution in [3.05, 3.63) is 23.4 Å². The van der Waals surface area contributed by atoms with Gasteiger partial charge in [0.15, 0.2) is 0 Å². The van der Waals surface area contributed by atoms with Gasteiger partial charge >= 0.3 is 0 Å². The molecule has 1 aromatic rings. The highest BCUT2D eigenvalue weighted by molar-refractivity contribution is 5.95. The molecule has 0 aromatic carbocycles. The molecule has 0 spiro atoms. The van der Waals surface area contributed by atoms with Crippen molar-refractivity contribution in [3.63, 3.8) is 0 Å². The van der Waals surface area contributed by atoms with Crippen LogP contribution in [0, 0.1) is 0 Å². The van der Waals surface area contributed by atoms with Crippen LogP contribution < -0.4 is 16.6 Å². The van der Waals surface area contributed by atoms with Crippen molar-refractivity contribution in [3.8, 4) is 0 Å². The van der Waals surface area contributed by atoms with Crippen LogP contribution in [0.1, 0.15) is 62.5 Å². The van der Waals surface area contributed by atoms with Crippen molar-refractivity contribution in [2.45, 2.75) is 52.5 Å². The first-order chi connectivity index (χ1) is 8.97. The summed E-state index contributed by atoms with van der Waals surface area (Å²) in [7, 11) is 0. The maximum Gasteiger partial charge on any atom is 0.251 e. The number of carbonyl (C=O) groups is 1. The summed E-state index contributed by atoms with van der Waals surface area (Å²) in [5.41, 5.74) is 3.95. The zero-order chi connectivity index (χ0) is 14.4. The minimum absolute atomic E-state index is 0.0817. The second kappa shape index (κ2) is 7.09. The van der Waals surface area contributed by atoms with Gasteiger partial charge in [-0.3, -0.25) is 4.79 Å². The summed E-state index contributed by atoms with van der Waals surface area (Å²) >= 11 is 0. The Morgan fingerprint density at radius 1 is 1.37 bits per heavy atom. The van der Waals surface area contributed by atoms with Gasteiger partial charge in [-0.25, -0.2) is 10.8 Å². The molecule has 1 aromatic heterocycles. The number of nitrogen functional groups attached to an aromatic ring is 1. The van der Waals surface area contributed by atoms with Gasteiger partial charge in [-0.2, -0.15) is 0 Å². The number of anilines is 1. The van der Waals surface area contributed by atoms with Gasteiger partial charge in [0.25, 0.3) is 5.91 Å². The van der Waals surface area contributed by atoms with Crippen LogP contribution in [0.2, 0.25) is 0 Å². The lowest BCUT2D eigenvalue weighted by atomic mass is 10.1. The van der Waals surface area contributed by atoms with Crippen molar-refractivity contribution >= 4 is 11.7 Å². The summed E-state index contributed by atoms with van der Waals surface area (Å²) in [5, 5.41) is 2.98. The number of nitrogens with zero attached hydrogens (tertiary/aromatic N) is 1. The first-order valence-corrected chi connectivity index (χ1v) is 6.77. The van der Waals surface area contributed by atoms with E-state index in [1.165, 1.54) is 0 Å². The van der Waals surface area contributed by atoms with Crippen LogP contribution >= 0.6 is 0 Å². The maximum atomic E-state index is 12.2. The molecule has 0 radical (unpaired) electrons. The minimum atomic E-state index is -0.0817. The van der Waals surface area contributed by atoms with Crippen LogP contribution in [-0.2, 0) is 0 Å². The standard InChI is InChI=1S/C14H24N4O/c1-5-6-10(4)16-14(19)11-7-12(9(2)3)17-13(8-11)18-15/h7-10H,5-6,15H2,1-4H3,(H,16,19)(H,17,18). The lowest BCUT2D eigenvalue weighted by Gasteiger charge is -2.14. The molecule has 19 heavy (non-hydrogen) atoms. The van der Waals surface area contributed by atoms with E-state index in [0.717, 1.165) is 18.5 Å². The number of aromatic nitrogens is 1. The maximum absolute atomic E-state index is 12.2. The molecule has 0 bridgehead atoms. The van der Waals surface area contributed by atoms with Crippen molar-refractivity contribution in [1.29, 1.82) is 0 Å². The van der Waals surface area contributed by atoms with Gasteiger partial charge in [-0.15, -0.1) is 0 Å². The molecule has 1 atom stereocenters. The quantitative estimate of drug-likeness (QED) is 0.544. The van der Waals surface area contributed by atoms with Gasteiger partial charge in [0.05, 0.1) is 0 Å². The fraction of sp³-hybridized carbons (Fsp3) is 0.571. The number of amides is 1. The Labute approximate surface area is 115 Å². The van der Waals surface area contributed by atoms with E-state index >= 15 is 0 Å². The molecule has 0 aliphatic carbocycles. The first kappa shape index (κ1) is 15.4. The van der Waals surface area contributed by atoms with Gasteiger partial charge in [-0.05, 0) is 31.4 Å². The molecule has 4 N–H and O–H groups in total. The molecule has 5 heteroatoms. The van der Waals surface area contributed by atoms with Crippen molar-refractivity contribution in [1.82, 2.24) is 10.3 Å². The Morgan fingerprint density at radius 2 is 2.05 bits per heavy atom. The molecular weight excluding hydrogens is 240 g/mol. The van der Waals surface area contributed by atoms with Crippen LogP contribution in [0.3, 0.4) is 0 Å². The van der Waals surface area contributed by atoms with Gasteiger partial charge < -0.3 is 10.7 Å². The fourth-order valence-electron chi connectivity index (χ4n) is 1.87. The molecule has 1 unspecified atom stereocenters. The zero-order valence-electron chi connectivity index (χ0n) is 12.2. The van der Waals surface area contributed by atoms with E-state index in [2.05, 4.69) is 22.7 Å². The highest BCUT2D eigenvalue weighted by Gasteiger charge is 2.13. The molecule has 106 valence electrons. The molecule has 0 fully saturated rings. The SMILES string of the molecule is CCCC(C)NC(=O)c1cc(NN)nc(C(C)C)c1. The molecule has 1 amide bonds. The summed E-state index contributed by atoms with van der Waals surface area (Å²) in [6, 6.07) is 3.65. The average molecular weight is 264 g/mol. The van der Waals surface area contributed by atoms with Gasteiger partial charge in [-0.1, -0.05) is 27.2 Å². The molecule has 1 heterocycles. The summed E-state index contributed by atoms with van der Waals surface area (Å²) in [6.07, 6.45) is 2.01. The summed E-state index contributed by atoms with van der Waals surface area (Å²) < 4.78 is 0.